The Morgan fingerprint density at radius 2 is 2.21 bits per heavy atom. The molecule has 5 atom stereocenters. The number of quaternary nitrogens is 1. The van der Waals surface area contributed by atoms with Crippen molar-refractivity contribution in [1.82, 2.24) is 4.98 Å². The number of aromatic hydroxyl groups is 1. The molecule has 4 aliphatic heterocycles. The third-order valence-electron chi connectivity index (χ3n) is 7.21. The first-order chi connectivity index (χ1) is 11.6. The molecule has 6 rings (SSSR count). The molecule has 0 saturated carbocycles. The summed E-state index contributed by atoms with van der Waals surface area (Å²) < 4.78 is 1.02. The van der Waals surface area contributed by atoms with E-state index in [0.717, 1.165) is 34.8 Å². The number of likely N-dealkylation sites (N-methyl/N-ethyl adjacent to an activating group) is 1. The van der Waals surface area contributed by atoms with E-state index in [-0.39, 0.29) is 6.61 Å². The minimum Gasteiger partial charge on any atom is -0.508 e. The molecule has 126 valence electrons. The minimum absolute atomic E-state index is 0.274. The second kappa shape index (κ2) is 4.64. The molecular weight excluding hydrogens is 300 g/mol. The van der Waals surface area contributed by atoms with Crippen LogP contribution in [0, 0.1) is 11.8 Å². The number of aliphatic hydroxyl groups is 1. The summed E-state index contributed by atoms with van der Waals surface area (Å²) in [7, 11) is 2.38. The van der Waals surface area contributed by atoms with Crippen LogP contribution >= 0.6 is 0 Å². The number of nitrogens with one attached hydrogen (secondary N) is 1. The smallest absolute Gasteiger partial charge is 0.131 e. The normalized spacial score (nSPS) is 38.7. The monoisotopic (exact) mass is 325 g/mol. The highest BCUT2D eigenvalue weighted by molar-refractivity contribution is 5.86. The van der Waals surface area contributed by atoms with E-state index in [9.17, 15) is 10.2 Å². The van der Waals surface area contributed by atoms with Gasteiger partial charge in [0.1, 0.15) is 18.3 Å². The van der Waals surface area contributed by atoms with E-state index in [1.807, 2.05) is 12.1 Å². The maximum Gasteiger partial charge on any atom is 0.131 e. The van der Waals surface area contributed by atoms with Crippen LogP contribution in [0.4, 0.5) is 0 Å². The van der Waals surface area contributed by atoms with Crippen molar-refractivity contribution in [2.75, 3.05) is 20.2 Å². The largest absolute Gasteiger partial charge is 0.508 e. The number of aliphatic hydroxyl groups excluding tert-OH is 1. The number of phenols is 1. The first kappa shape index (κ1) is 14.6. The quantitative estimate of drug-likeness (QED) is 0.558. The maximum atomic E-state index is 10.1. The van der Waals surface area contributed by atoms with Gasteiger partial charge in [0.25, 0.3) is 0 Å². The molecule has 1 aromatic carbocycles. The fraction of sp³-hybridized carbons (Fsp3) is 0.500. The first-order valence-electron chi connectivity index (χ1n) is 9.01. The topological polar surface area (TPSA) is 56.2 Å². The van der Waals surface area contributed by atoms with Gasteiger partial charge in [0.05, 0.1) is 25.4 Å². The van der Waals surface area contributed by atoms with Crippen LogP contribution in [0.2, 0.25) is 0 Å². The Morgan fingerprint density at radius 3 is 2.96 bits per heavy atom. The van der Waals surface area contributed by atoms with Crippen LogP contribution < -0.4 is 0 Å². The van der Waals surface area contributed by atoms with Crippen LogP contribution in [0.25, 0.3) is 10.9 Å². The molecule has 4 bridgehead atoms. The summed E-state index contributed by atoms with van der Waals surface area (Å²) in [5.74, 6) is 1.20. The van der Waals surface area contributed by atoms with Gasteiger partial charge >= 0.3 is 0 Å². The molecule has 0 amide bonds. The summed E-state index contributed by atoms with van der Waals surface area (Å²) in [5, 5.41) is 21.2. The molecule has 5 heterocycles. The Morgan fingerprint density at radius 1 is 1.38 bits per heavy atom. The van der Waals surface area contributed by atoms with Gasteiger partial charge in [0, 0.05) is 35.6 Å². The number of allylic oxidation sites excluding steroid dienone is 1. The lowest BCUT2D eigenvalue weighted by atomic mass is 9.62. The SMILES string of the molecule is C/C=C1/C[N+]2(C)[C@H]3CC1C(CO)[C@@H]2Cc1c3[nH]c2ccc(O)cc12. The van der Waals surface area contributed by atoms with Crippen LogP contribution in [-0.4, -0.2) is 45.9 Å². The summed E-state index contributed by atoms with van der Waals surface area (Å²) in [6.07, 6.45) is 4.39. The van der Waals surface area contributed by atoms with Gasteiger partial charge in [-0.25, -0.2) is 0 Å². The summed E-state index contributed by atoms with van der Waals surface area (Å²) >= 11 is 0. The van der Waals surface area contributed by atoms with Crippen molar-refractivity contribution in [2.24, 2.45) is 11.8 Å². The molecule has 4 nitrogen and oxygen atoms in total. The molecule has 24 heavy (non-hydrogen) atoms. The van der Waals surface area contributed by atoms with E-state index in [2.05, 4.69) is 25.0 Å². The van der Waals surface area contributed by atoms with E-state index < -0.39 is 0 Å². The molecule has 0 spiro atoms. The van der Waals surface area contributed by atoms with Gasteiger partial charge < -0.3 is 19.7 Å². The molecule has 3 saturated heterocycles. The first-order valence-corrected chi connectivity index (χ1v) is 9.01. The molecule has 4 heteroatoms. The van der Waals surface area contributed by atoms with Crippen molar-refractivity contribution in [3.63, 3.8) is 0 Å². The second-order valence-electron chi connectivity index (χ2n) is 8.09. The van der Waals surface area contributed by atoms with Crippen LogP contribution in [0.3, 0.4) is 0 Å². The highest BCUT2D eigenvalue weighted by Crippen LogP contribution is 2.57. The number of H-pyrrole nitrogens is 1. The van der Waals surface area contributed by atoms with Crippen molar-refractivity contribution >= 4 is 10.9 Å². The molecule has 3 N–H and O–H groups in total. The van der Waals surface area contributed by atoms with Crippen LogP contribution in [0.15, 0.2) is 29.8 Å². The van der Waals surface area contributed by atoms with Crippen LogP contribution in [0.5, 0.6) is 5.75 Å². The lowest BCUT2D eigenvalue weighted by Gasteiger charge is -2.62. The van der Waals surface area contributed by atoms with Gasteiger partial charge in [0.2, 0.25) is 0 Å². The summed E-state index contributed by atoms with van der Waals surface area (Å²) in [6, 6.07) is 6.58. The zero-order chi connectivity index (χ0) is 16.6. The lowest BCUT2D eigenvalue weighted by Crippen LogP contribution is -2.70. The average Bonchev–Trinajstić information content (AvgIpc) is 2.91. The van der Waals surface area contributed by atoms with Crippen molar-refractivity contribution in [2.45, 2.75) is 31.8 Å². The highest BCUT2D eigenvalue weighted by Gasteiger charge is 2.61. The molecule has 2 aromatic rings. The van der Waals surface area contributed by atoms with E-state index in [1.165, 1.54) is 16.8 Å². The zero-order valence-corrected chi connectivity index (χ0v) is 14.3. The lowest BCUT2D eigenvalue weighted by molar-refractivity contribution is -0.978. The number of fused-ring (bicyclic) bond motifs is 4. The standard InChI is InChI=1S/C20H24N2O2/c1-3-11-9-22(2)18-8-15-14-6-12(24)4-5-17(14)21-20(15)19(22)7-13(11)16(18)10-23/h3-6,13,16,18-19,21,23H,7-10H2,1-2H3/p+1/b11-3-/t13?,16?,18-,19-,22?/m0/s1. The number of benzene rings is 1. The Bertz CT molecular complexity index is 868. The van der Waals surface area contributed by atoms with Gasteiger partial charge in [-0.1, -0.05) is 6.08 Å². The molecule has 1 aromatic heterocycles. The average molecular weight is 325 g/mol. The predicted molar refractivity (Wildman–Crippen MR) is 93.7 cm³/mol. The van der Waals surface area contributed by atoms with Crippen molar-refractivity contribution in [1.29, 1.82) is 0 Å². The van der Waals surface area contributed by atoms with Gasteiger partial charge in [-0.05, 0) is 36.3 Å². The Kier molecular flexibility index (Phi) is 2.82. The van der Waals surface area contributed by atoms with Gasteiger partial charge in [-0.15, -0.1) is 0 Å². The number of piperidine rings is 3. The maximum absolute atomic E-state index is 10.1. The van der Waals surface area contributed by atoms with Crippen molar-refractivity contribution in [3.05, 3.63) is 41.1 Å². The molecule has 0 aliphatic carbocycles. The molecule has 3 fully saturated rings. The number of aromatic amines is 1. The minimum atomic E-state index is 0.274. The van der Waals surface area contributed by atoms with Gasteiger partial charge in [-0.3, -0.25) is 0 Å². The third kappa shape index (κ3) is 1.60. The van der Waals surface area contributed by atoms with Crippen molar-refractivity contribution < 1.29 is 14.7 Å². The number of phenolic OH excluding ortho intramolecular Hbond substituents is 1. The van der Waals surface area contributed by atoms with Gasteiger partial charge in [-0.2, -0.15) is 0 Å². The number of nitrogens with zero attached hydrogens (tertiary/aromatic N) is 1. The fourth-order valence-electron chi connectivity index (χ4n) is 6.05. The molecular formula is C20H25N2O2+. The highest BCUT2D eigenvalue weighted by atomic mass is 16.3. The second-order valence-corrected chi connectivity index (χ2v) is 8.09. The Hall–Kier alpha value is -1.78. The van der Waals surface area contributed by atoms with E-state index in [4.69, 9.17) is 0 Å². The number of hydrogen-bond donors (Lipinski definition) is 3. The Balaban J connectivity index is 1.73. The third-order valence-corrected chi connectivity index (χ3v) is 7.21. The number of aromatic nitrogens is 1. The molecule has 4 aliphatic rings. The van der Waals surface area contributed by atoms with Crippen molar-refractivity contribution in [3.8, 4) is 5.75 Å². The number of rotatable bonds is 1. The van der Waals surface area contributed by atoms with Gasteiger partial charge in [0.15, 0.2) is 0 Å². The fourth-order valence-corrected chi connectivity index (χ4v) is 6.05. The molecule has 0 radical (unpaired) electrons. The summed E-state index contributed by atoms with van der Waals surface area (Å²) in [6.45, 7) is 3.52. The predicted octanol–water partition coefficient (Wildman–Crippen LogP) is 2.87. The van der Waals surface area contributed by atoms with E-state index in [1.54, 1.807) is 6.07 Å². The van der Waals surface area contributed by atoms with E-state index >= 15 is 0 Å². The van der Waals surface area contributed by atoms with E-state index in [0.29, 0.717) is 29.7 Å². The van der Waals surface area contributed by atoms with Crippen LogP contribution in [-0.2, 0) is 6.42 Å². The zero-order valence-electron chi connectivity index (χ0n) is 14.3. The summed E-state index contributed by atoms with van der Waals surface area (Å²) in [5.41, 5.74) is 5.39. The summed E-state index contributed by atoms with van der Waals surface area (Å²) in [4.78, 5) is 3.67. The van der Waals surface area contributed by atoms with Crippen LogP contribution in [0.1, 0.15) is 30.6 Å². The number of hydrogen-bond acceptors (Lipinski definition) is 2. The Labute approximate surface area is 142 Å². The molecule has 3 unspecified atom stereocenters.